The molecule has 0 aromatic carbocycles. The van der Waals surface area contributed by atoms with E-state index in [0.717, 1.165) is 23.7 Å². The van der Waals surface area contributed by atoms with Gasteiger partial charge in [-0.15, -0.1) is 0 Å². The molecule has 0 aromatic rings. The van der Waals surface area contributed by atoms with Crippen molar-refractivity contribution in [3.63, 3.8) is 0 Å². The Hall–Kier alpha value is 0. The second-order valence-corrected chi connectivity index (χ2v) is 6.10. The third-order valence-electron chi connectivity index (χ3n) is 5.29. The van der Waals surface area contributed by atoms with Crippen molar-refractivity contribution in [3.8, 4) is 0 Å². The van der Waals surface area contributed by atoms with Crippen LogP contribution in [0.2, 0.25) is 0 Å². The maximum Gasteiger partial charge on any atom is -0.0264 e. The first-order valence-electron chi connectivity index (χ1n) is 7.01. The molecule has 1 fully saturated rings. The normalized spacial score (nSPS) is 34.2. The fourth-order valence-electron chi connectivity index (χ4n) is 3.77. The van der Waals surface area contributed by atoms with Crippen molar-refractivity contribution in [2.45, 2.75) is 67.2 Å². The zero-order valence-electron chi connectivity index (χ0n) is 11.6. The van der Waals surface area contributed by atoms with Crippen molar-refractivity contribution in [1.29, 1.82) is 0 Å². The summed E-state index contributed by atoms with van der Waals surface area (Å²) in [6, 6.07) is 0. The van der Waals surface area contributed by atoms with Gasteiger partial charge in [-0.2, -0.15) is 0 Å². The van der Waals surface area contributed by atoms with Gasteiger partial charge in [-0.25, -0.2) is 0 Å². The topological polar surface area (TPSA) is 0 Å². The Labute approximate surface area is 96.8 Å². The van der Waals surface area contributed by atoms with E-state index in [2.05, 4.69) is 41.5 Å². The predicted molar refractivity (Wildman–Crippen MR) is 68.9 cm³/mol. The van der Waals surface area contributed by atoms with Gasteiger partial charge in [0, 0.05) is 0 Å². The monoisotopic (exact) mass is 210 g/mol. The Morgan fingerprint density at radius 2 is 1.60 bits per heavy atom. The summed E-state index contributed by atoms with van der Waals surface area (Å²) in [6.07, 6.45) is 5.56. The minimum absolute atomic E-state index is 0.673. The van der Waals surface area contributed by atoms with Crippen molar-refractivity contribution in [2.24, 2.45) is 29.1 Å². The van der Waals surface area contributed by atoms with Gasteiger partial charge >= 0.3 is 0 Å². The van der Waals surface area contributed by atoms with Crippen molar-refractivity contribution in [1.82, 2.24) is 0 Å². The van der Waals surface area contributed by atoms with E-state index >= 15 is 0 Å². The lowest BCUT2D eigenvalue weighted by atomic mass is 9.69. The molecular formula is C15H30. The third kappa shape index (κ3) is 2.40. The highest BCUT2D eigenvalue weighted by Gasteiger charge is 2.54. The molecule has 1 aliphatic carbocycles. The lowest BCUT2D eigenvalue weighted by Crippen LogP contribution is -2.29. The average molecular weight is 210 g/mol. The van der Waals surface area contributed by atoms with Crippen LogP contribution in [0.5, 0.6) is 0 Å². The molecule has 0 heterocycles. The Morgan fingerprint density at radius 3 is 1.87 bits per heavy atom. The van der Waals surface area contributed by atoms with Crippen LogP contribution in [0, 0.1) is 29.1 Å². The molecule has 0 heteroatoms. The quantitative estimate of drug-likeness (QED) is 0.570. The van der Waals surface area contributed by atoms with Gasteiger partial charge in [0.25, 0.3) is 0 Å². The molecule has 4 unspecified atom stereocenters. The van der Waals surface area contributed by atoms with Crippen molar-refractivity contribution >= 4 is 0 Å². The van der Waals surface area contributed by atoms with Crippen molar-refractivity contribution in [2.75, 3.05) is 0 Å². The van der Waals surface area contributed by atoms with E-state index in [0.29, 0.717) is 5.41 Å². The summed E-state index contributed by atoms with van der Waals surface area (Å²) in [6.45, 7) is 14.6. The van der Waals surface area contributed by atoms with Crippen LogP contribution in [-0.2, 0) is 0 Å². The number of hydrogen-bond acceptors (Lipinski definition) is 0. The number of hydrogen-bond donors (Lipinski definition) is 0. The molecule has 0 aliphatic heterocycles. The van der Waals surface area contributed by atoms with Gasteiger partial charge < -0.3 is 0 Å². The van der Waals surface area contributed by atoms with Gasteiger partial charge in [0.1, 0.15) is 0 Å². The van der Waals surface area contributed by atoms with Crippen molar-refractivity contribution in [3.05, 3.63) is 0 Å². The predicted octanol–water partition coefficient (Wildman–Crippen LogP) is 5.13. The molecule has 0 nitrogen and oxygen atoms in total. The Kier molecular flexibility index (Phi) is 4.26. The van der Waals surface area contributed by atoms with Crippen LogP contribution in [-0.4, -0.2) is 0 Å². The summed E-state index contributed by atoms with van der Waals surface area (Å²) in [5.41, 5.74) is 0.673. The molecule has 0 bridgehead atoms. The van der Waals surface area contributed by atoms with Crippen LogP contribution in [0.3, 0.4) is 0 Å². The summed E-state index contributed by atoms with van der Waals surface area (Å²) in [5.74, 6) is 3.80. The van der Waals surface area contributed by atoms with Crippen LogP contribution in [0.1, 0.15) is 67.2 Å². The molecule has 90 valence electrons. The van der Waals surface area contributed by atoms with E-state index in [9.17, 15) is 0 Å². The fraction of sp³-hybridized carbons (Fsp3) is 1.00. The van der Waals surface area contributed by atoms with E-state index < -0.39 is 0 Å². The van der Waals surface area contributed by atoms with Crippen LogP contribution < -0.4 is 0 Å². The molecule has 1 saturated carbocycles. The summed E-state index contributed by atoms with van der Waals surface area (Å²) >= 11 is 0. The Bertz CT molecular complexity index is 192. The Morgan fingerprint density at radius 1 is 1.13 bits per heavy atom. The molecular weight excluding hydrogens is 180 g/mol. The maximum atomic E-state index is 2.53. The van der Waals surface area contributed by atoms with E-state index in [4.69, 9.17) is 0 Å². The molecule has 1 rings (SSSR count). The van der Waals surface area contributed by atoms with Gasteiger partial charge in [0.2, 0.25) is 0 Å². The van der Waals surface area contributed by atoms with E-state index in [1.807, 2.05) is 0 Å². The molecule has 0 radical (unpaired) electrons. The van der Waals surface area contributed by atoms with E-state index in [-0.39, 0.29) is 0 Å². The van der Waals surface area contributed by atoms with Crippen LogP contribution in [0.15, 0.2) is 0 Å². The molecule has 1 aliphatic rings. The zero-order chi connectivity index (χ0) is 11.6. The third-order valence-corrected chi connectivity index (χ3v) is 5.29. The van der Waals surface area contributed by atoms with E-state index in [1.165, 1.54) is 25.7 Å². The standard InChI is InChI=1S/C15H30/c1-7-11(4)14(13(8-2)9-3)15(6)10-12(15)5/h11-14H,7-10H2,1-6H3. The van der Waals surface area contributed by atoms with Gasteiger partial charge in [0.05, 0.1) is 0 Å². The van der Waals surface area contributed by atoms with Crippen LogP contribution in [0.25, 0.3) is 0 Å². The first kappa shape index (κ1) is 13.1. The molecule has 0 N–H and O–H groups in total. The van der Waals surface area contributed by atoms with Gasteiger partial charge in [-0.1, -0.05) is 60.8 Å². The van der Waals surface area contributed by atoms with Gasteiger partial charge in [-0.3, -0.25) is 0 Å². The van der Waals surface area contributed by atoms with Gasteiger partial charge in [0.15, 0.2) is 0 Å². The minimum Gasteiger partial charge on any atom is -0.0651 e. The SMILES string of the molecule is CCC(C)C(C(CC)CC)C1(C)CC1C. The summed E-state index contributed by atoms with van der Waals surface area (Å²) < 4.78 is 0. The van der Waals surface area contributed by atoms with Crippen molar-refractivity contribution < 1.29 is 0 Å². The highest BCUT2D eigenvalue weighted by Crippen LogP contribution is 2.62. The molecule has 4 atom stereocenters. The lowest BCUT2D eigenvalue weighted by molar-refractivity contribution is 0.125. The highest BCUT2D eigenvalue weighted by atomic mass is 14.6. The zero-order valence-corrected chi connectivity index (χ0v) is 11.6. The summed E-state index contributed by atoms with van der Waals surface area (Å²) in [7, 11) is 0. The maximum absolute atomic E-state index is 2.53. The van der Waals surface area contributed by atoms with E-state index in [1.54, 1.807) is 0 Å². The largest absolute Gasteiger partial charge is 0.0651 e. The fourth-order valence-corrected chi connectivity index (χ4v) is 3.77. The molecule has 0 spiro atoms. The smallest absolute Gasteiger partial charge is 0.0264 e. The lowest BCUT2D eigenvalue weighted by Gasteiger charge is -2.36. The molecule has 15 heavy (non-hydrogen) atoms. The van der Waals surface area contributed by atoms with Crippen LogP contribution in [0.4, 0.5) is 0 Å². The first-order chi connectivity index (χ1) is 7.01. The second kappa shape index (κ2) is 4.89. The number of rotatable bonds is 6. The molecule has 0 amide bonds. The second-order valence-electron chi connectivity index (χ2n) is 6.10. The summed E-state index contributed by atoms with van der Waals surface area (Å²) in [5, 5.41) is 0. The molecule has 0 aromatic heterocycles. The average Bonchev–Trinajstić information content (AvgIpc) is 2.82. The van der Waals surface area contributed by atoms with Gasteiger partial charge in [-0.05, 0) is 35.5 Å². The minimum atomic E-state index is 0.673. The van der Waals surface area contributed by atoms with Crippen LogP contribution >= 0.6 is 0 Å². The Balaban J connectivity index is 2.78. The highest BCUT2D eigenvalue weighted by molar-refractivity contribution is 5.03. The first-order valence-corrected chi connectivity index (χ1v) is 7.01. The summed E-state index contributed by atoms with van der Waals surface area (Å²) in [4.78, 5) is 0. The molecule has 0 saturated heterocycles.